The van der Waals surface area contributed by atoms with Crippen molar-refractivity contribution in [3.63, 3.8) is 0 Å². The summed E-state index contributed by atoms with van der Waals surface area (Å²) < 4.78 is 0. The third-order valence-corrected chi connectivity index (χ3v) is 2.07. The van der Waals surface area contributed by atoms with Gasteiger partial charge in [0.25, 0.3) is 0 Å². The van der Waals surface area contributed by atoms with Gasteiger partial charge >= 0.3 is 11.9 Å². The van der Waals surface area contributed by atoms with Crippen LogP contribution in [0, 0.1) is 0 Å². The van der Waals surface area contributed by atoms with E-state index in [1.807, 2.05) is 17.5 Å². The number of carboxylic acid groups (broad SMARTS) is 1. The summed E-state index contributed by atoms with van der Waals surface area (Å²) in [5.41, 5.74) is 0. The van der Waals surface area contributed by atoms with E-state index in [0.717, 1.165) is 4.88 Å². The van der Waals surface area contributed by atoms with Crippen molar-refractivity contribution in [2.45, 2.75) is 6.54 Å². The summed E-state index contributed by atoms with van der Waals surface area (Å²) in [5, 5.41) is 12.3. The molecule has 1 rings (SSSR count). The van der Waals surface area contributed by atoms with Crippen molar-refractivity contribution < 1.29 is 14.7 Å². The third-order valence-electron chi connectivity index (χ3n) is 1.20. The smallest absolute Gasteiger partial charge is 0.394 e. The van der Waals surface area contributed by atoms with E-state index in [2.05, 4.69) is 5.32 Å². The number of carboxylic acids is 1. The van der Waals surface area contributed by atoms with Crippen LogP contribution in [0.2, 0.25) is 0 Å². The monoisotopic (exact) mass is 185 g/mol. The van der Waals surface area contributed by atoms with Crippen LogP contribution in [-0.2, 0) is 16.1 Å². The number of hydrogen-bond donors (Lipinski definition) is 2. The first kappa shape index (κ1) is 8.73. The van der Waals surface area contributed by atoms with Crippen LogP contribution in [0.3, 0.4) is 0 Å². The molecule has 64 valence electrons. The first-order valence-corrected chi connectivity index (χ1v) is 4.11. The van der Waals surface area contributed by atoms with Crippen LogP contribution in [0.5, 0.6) is 0 Å². The molecule has 0 atom stereocenters. The Morgan fingerprint density at radius 3 is 2.83 bits per heavy atom. The first-order chi connectivity index (χ1) is 5.70. The minimum absolute atomic E-state index is 0.281. The molecule has 0 unspecified atom stereocenters. The second-order valence-corrected chi connectivity index (χ2v) is 3.10. The summed E-state index contributed by atoms with van der Waals surface area (Å²) in [6, 6.07) is 3.67. The molecule has 0 fully saturated rings. The van der Waals surface area contributed by atoms with Crippen molar-refractivity contribution in [2.24, 2.45) is 0 Å². The lowest BCUT2D eigenvalue weighted by atomic mass is 10.4. The standard InChI is InChI=1S/C7H7NO3S/c9-6(7(10)11)8-4-5-2-1-3-12-5/h1-3H,4H2,(H,8,9)(H,10,11). The molecule has 0 aliphatic heterocycles. The Hall–Kier alpha value is -1.36. The summed E-state index contributed by atoms with van der Waals surface area (Å²) in [4.78, 5) is 21.5. The maximum absolute atomic E-state index is 10.5. The lowest BCUT2D eigenvalue weighted by Crippen LogP contribution is -2.29. The fraction of sp³-hybridized carbons (Fsp3) is 0.143. The summed E-state index contributed by atoms with van der Waals surface area (Å²) in [6.45, 7) is 0.281. The highest BCUT2D eigenvalue weighted by molar-refractivity contribution is 7.09. The molecular weight excluding hydrogens is 178 g/mol. The second-order valence-electron chi connectivity index (χ2n) is 2.07. The third kappa shape index (κ3) is 2.35. The van der Waals surface area contributed by atoms with Crippen LogP contribution < -0.4 is 5.32 Å². The van der Waals surface area contributed by atoms with E-state index in [-0.39, 0.29) is 6.54 Å². The zero-order chi connectivity index (χ0) is 8.97. The van der Waals surface area contributed by atoms with Gasteiger partial charge in [-0.3, -0.25) is 4.79 Å². The lowest BCUT2D eigenvalue weighted by Gasteiger charge is -1.97. The average Bonchev–Trinajstić information content (AvgIpc) is 2.51. The van der Waals surface area contributed by atoms with Gasteiger partial charge in [0.05, 0.1) is 6.54 Å². The number of nitrogens with one attached hydrogen (secondary N) is 1. The summed E-state index contributed by atoms with van der Waals surface area (Å²) in [5.74, 6) is -2.42. The second kappa shape index (κ2) is 3.87. The minimum atomic E-state index is -1.45. The van der Waals surface area contributed by atoms with Gasteiger partial charge in [0.15, 0.2) is 0 Å². The molecular formula is C7H7NO3S. The van der Waals surface area contributed by atoms with E-state index >= 15 is 0 Å². The molecule has 2 N–H and O–H groups in total. The van der Waals surface area contributed by atoms with Crippen LogP contribution in [0.25, 0.3) is 0 Å². The van der Waals surface area contributed by atoms with Crippen molar-refractivity contribution in [3.8, 4) is 0 Å². The molecule has 0 aliphatic carbocycles. The molecule has 5 heteroatoms. The van der Waals surface area contributed by atoms with Crippen LogP contribution in [0.15, 0.2) is 17.5 Å². The Kier molecular flexibility index (Phi) is 2.82. The van der Waals surface area contributed by atoms with Crippen molar-refractivity contribution in [2.75, 3.05) is 0 Å². The highest BCUT2D eigenvalue weighted by Gasteiger charge is 2.09. The maximum Gasteiger partial charge on any atom is 0.394 e. The van der Waals surface area contributed by atoms with Crippen LogP contribution in [0.1, 0.15) is 4.88 Å². The fourth-order valence-corrected chi connectivity index (χ4v) is 1.30. The summed E-state index contributed by atoms with van der Waals surface area (Å²) in [7, 11) is 0. The predicted octanol–water partition coefficient (Wildman–Crippen LogP) is 0.449. The average molecular weight is 185 g/mol. The number of carbonyl (C=O) groups is 2. The van der Waals surface area contributed by atoms with Gasteiger partial charge in [-0.25, -0.2) is 4.79 Å². The molecule has 0 radical (unpaired) electrons. The van der Waals surface area contributed by atoms with Crippen LogP contribution >= 0.6 is 11.3 Å². The maximum atomic E-state index is 10.5. The van der Waals surface area contributed by atoms with Gasteiger partial charge < -0.3 is 10.4 Å². The van der Waals surface area contributed by atoms with Crippen LogP contribution in [-0.4, -0.2) is 17.0 Å². The molecule has 1 heterocycles. The quantitative estimate of drug-likeness (QED) is 0.657. The molecule has 0 aromatic carbocycles. The predicted molar refractivity (Wildman–Crippen MR) is 43.8 cm³/mol. The Morgan fingerprint density at radius 2 is 2.33 bits per heavy atom. The van der Waals surface area contributed by atoms with E-state index in [1.54, 1.807) is 0 Å². The van der Waals surface area contributed by atoms with E-state index < -0.39 is 11.9 Å². The van der Waals surface area contributed by atoms with E-state index in [4.69, 9.17) is 5.11 Å². The zero-order valence-corrected chi connectivity index (χ0v) is 6.93. The minimum Gasteiger partial charge on any atom is -0.474 e. The normalized spacial score (nSPS) is 9.33. The number of aliphatic carboxylic acids is 1. The first-order valence-electron chi connectivity index (χ1n) is 3.23. The molecule has 0 saturated carbocycles. The molecule has 4 nitrogen and oxygen atoms in total. The van der Waals surface area contributed by atoms with Crippen molar-refractivity contribution in [3.05, 3.63) is 22.4 Å². The summed E-state index contributed by atoms with van der Waals surface area (Å²) >= 11 is 1.47. The van der Waals surface area contributed by atoms with Crippen molar-refractivity contribution in [1.82, 2.24) is 5.32 Å². The molecule has 0 aliphatic rings. The van der Waals surface area contributed by atoms with Gasteiger partial charge in [-0.05, 0) is 11.4 Å². The van der Waals surface area contributed by atoms with Gasteiger partial charge in [0, 0.05) is 4.88 Å². The van der Waals surface area contributed by atoms with Crippen LogP contribution in [0.4, 0.5) is 0 Å². The Balaban J connectivity index is 2.37. The number of hydrogen-bond acceptors (Lipinski definition) is 3. The van der Waals surface area contributed by atoms with Gasteiger partial charge in [-0.1, -0.05) is 6.07 Å². The molecule has 1 aromatic heterocycles. The Labute approximate surface area is 72.8 Å². The molecule has 1 amide bonds. The molecule has 0 bridgehead atoms. The van der Waals surface area contributed by atoms with Gasteiger partial charge in [-0.2, -0.15) is 0 Å². The number of thiophene rings is 1. The topological polar surface area (TPSA) is 66.4 Å². The van der Waals surface area contributed by atoms with Crippen molar-refractivity contribution >= 4 is 23.2 Å². The summed E-state index contributed by atoms with van der Waals surface area (Å²) in [6.07, 6.45) is 0. The molecule has 12 heavy (non-hydrogen) atoms. The molecule has 1 aromatic rings. The van der Waals surface area contributed by atoms with E-state index in [0.29, 0.717) is 0 Å². The highest BCUT2D eigenvalue weighted by Crippen LogP contribution is 2.06. The van der Waals surface area contributed by atoms with E-state index in [1.165, 1.54) is 11.3 Å². The Morgan fingerprint density at radius 1 is 1.58 bits per heavy atom. The van der Waals surface area contributed by atoms with Gasteiger partial charge in [-0.15, -0.1) is 11.3 Å². The number of carbonyl (C=O) groups excluding carboxylic acids is 1. The largest absolute Gasteiger partial charge is 0.474 e. The highest BCUT2D eigenvalue weighted by atomic mass is 32.1. The number of rotatable bonds is 2. The zero-order valence-electron chi connectivity index (χ0n) is 6.11. The lowest BCUT2D eigenvalue weighted by molar-refractivity contribution is -0.150. The molecule has 0 saturated heterocycles. The SMILES string of the molecule is O=C(O)C(=O)NCc1cccs1. The van der Waals surface area contributed by atoms with E-state index in [9.17, 15) is 9.59 Å². The van der Waals surface area contributed by atoms with Gasteiger partial charge in [0.1, 0.15) is 0 Å². The van der Waals surface area contributed by atoms with Crippen molar-refractivity contribution in [1.29, 1.82) is 0 Å². The van der Waals surface area contributed by atoms with Gasteiger partial charge in [0.2, 0.25) is 0 Å². The molecule has 0 spiro atoms. The Bertz CT molecular complexity index is 281. The number of amides is 1. The fourth-order valence-electron chi connectivity index (χ4n) is 0.656.